The molecule has 4 heteroatoms. The number of aliphatic hydroxyl groups is 1. The van der Waals surface area contributed by atoms with Crippen molar-refractivity contribution in [2.45, 2.75) is 32.8 Å². The summed E-state index contributed by atoms with van der Waals surface area (Å²) in [5.41, 5.74) is 1.26. The van der Waals surface area contributed by atoms with Crippen LogP contribution in [0.15, 0.2) is 18.5 Å². The van der Waals surface area contributed by atoms with Crippen LogP contribution < -0.4 is 0 Å². The topological polar surface area (TPSA) is 38.1 Å². The first kappa shape index (κ1) is 12.3. The zero-order valence-electron chi connectivity index (χ0n) is 10.5. The number of aromatic nitrogens is 2. The fraction of sp³-hybridized carbons (Fsp3) is 0.462. The Labute approximate surface area is 106 Å². The Bertz CT molecular complexity index is 482. The molecule has 0 saturated heterocycles. The van der Waals surface area contributed by atoms with Gasteiger partial charge in [0.2, 0.25) is 0 Å². The summed E-state index contributed by atoms with van der Waals surface area (Å²) < 4.78 is 2.00. The largest absolute Gasteiger partial charge is 0.388 e. The van der Waals surface area contributed by atoms with Crippen LogP contribution in [0, 0.1) is 13.8 Å². The molecule has 0 radical (unpaired) electrons. The maximum atomic E-state index is 10.1. The fourth-order valence-electron chi connectivity index (χ4n) is 1.81. The van der Waals surface area contributed by atoms with Gasteiger partial charge in [-0.3, -0.25) is 0 Å². The van der Waals surface area contributed by atoms with E-state index in [1.165, 1.54) is 10.4 Å². The molecular weight excluding hydrogens is 232 g/mol. The van der Waals surface area contributed by atoms with Crippen LogP contribution in [0.5, 0.6) is 0 Å². The lowest BCUT2D eigenvalue weighted by Gasteiger charge is -2.08. The summed E-state index contributed by atoms with van der Waals surface area (Å²) in [5.74, 6) is 1.02. The Morgan fingerprint density at radius 2 is 2.24 bits per heavy atom. The summed E-state index contributed by atoms with van der Waals surface area (Å²) in [5, 5.41) is 10.1. The van der Waals surface area contributed by atoms with Gasteiger partial charge in [-0.1, -0.05) is 0 Å². The lowest BCUT2D eigenvalue weighted by atomic mass is 10.1. The van der Waals surface area contributed by atoms with Crippen LogP contribution >= 0.6 is 11.3 Å². The van der Waals surface area contributed by atoms with Crippen LogP contribution in [0.3, 0.4) is 0 Å². The molecule has 2 aromatic heterocycles. The van der Waals surface area contributed by atoms with Gasteiger partial charge in [0.05, 0.1) is 6.10 Å². The van der Waals surface area contributed by atoms with Gasteiger partial charge in [0.15, 0.2) is 0 Å². The van der Waals surface area contributed by atoms with Crippen molar-refractivity contribution in [2.75, 3.05) is 0 Å². The van der Waals surface area contributed by atoms with E-state index in [0.717, 1.165) is 23.5 Å². The zero-order valence-corrected chi connectivity index (χ0v) is 11.3. The summed E-state index contributed by atoms with van der Waals surface area (Å²) >= 11 is 1.69. The molecule has 0 aliphatic carbocycles. The number of hydrogen-bond donors (Lipinski definition) is 1. The van der Waals surface area contributed by atoms with E-state index < -0.39 is 0 Å². The molecule has 0 bridgehead atoms. The fourth-order valence-corrected chi connectivity index (χ4v) is 2.87. The monoisotopic (exact) mass is 250 g/mol. The van der Waals surface area contributed by atoms with Crippen LogP contribution in [-0.4, -0.2) is 14.7 Å². The molecule has 1 atom stereocenters. The van der Waals surface area contributed by atoms with Gasteiger partial charge in [-0.05, 0) is 31.9 Å². The third-order valence-electron chi connectivity index (χ3n) is 3.08. The molecule has 0 aliphatic heterocycles. The van der Waals surface area contributed by atoms with Gasteiger partial charge in [-0.15, -0.1) is 11.3 Å². The normalized spacial score (nSPS) is 12.9. The highest BCUT2D eigenvalue weighted by Gasteiger charge is 2.12. The lowest BCUT2D eigenvalue weighted by molar-refractivity contribution is 0.170. The van der Waals surface area contributed by atoms with E-state index in [0.29, 0.717) is 0 Å². The minimum Gasteiger partial charge on any atom is -0.388 e. The SMILES string of the molecule is Cc1cc(C(O)CCc2nccn2C)sc1C. The van der Waals surface area contributed by atoms with Gasteiger partial charge in [0.1, 0.15) is 5.82 Å². The van der Waals surface area contributed by atoms with E-state index in [1.807, 2.05) is 17.8 Å². The highest BCUT2D eigenvalue weighted by molar-refractivity contribution is 7.12. The molecule has 0 fully saturated rings. The number of nitrogens with zero attached hydrogens (tertiary/aromatic N) is 2. The molecule has 2 rings (SSSR count). The number of rotatable bonds is 4. The maximum absolute atomic E-state index is 10.1. The molecule has 1 N–H and O–H groups in total. The standard InChI is InChI=1S/C13H18N2OS/c1-9-8-12(17-10(9)2)11(16)4-5-13-14-6-7-15(13)3/h6-8,11,16H,4-5H2,1-3H3. The number of aryl methyl sites for hydroxylation is 4. The summed E-state index contributed by atoms with van der Waals surface area (Å²) in [6.07, 6.45) is 4.89. The minimum absolute atomic E-state index is 0.371. The second-order valence-electron chi connectivity index (χ2n) is 4.40. The van der Waals surface area contributed by atoms with E-state index in [-0.39, 0.29) is 6.10 Å². The molecule has 3 nitrogen and oxygen atoms in total. The van der Waals surface area contributed by atoms with E-state index in [4.69, 9.17) is 0 Å². The Balaban J connectivity index is 1.98. The molecule has 0 amide bonds. The molecule has 0 saturated carbocycles. The number of hydrogen-bond acceptors (Lipinski definition) is 3. The van der Waals surface area contributed by atoms with E-state index >= 15 is 0 Å². The van der Waals surface area contributed by atoms with Crippen molar-refractivity contribution in [3.05, 3.63) is 39.6 Å². The second-order valence-corrected chi connectivity index (χ2v) is 5.68. The summed E-state index contributed by atoms with van der Waals surface area (Å²) in [6, 6.07) is 2.09. The number of aliphatic hydroxyl groups excluding tert-OH is 1. The van der Waals surface area contributed by atoms with Gasteiger partial charge in [-0.2, -0.15) is 0 Å². The predicted octanol–water partition coefficient (Wildman–Crippen LogP) is 2.76. The molecule has 92 valence electrons. The average molecular weight is 250 g/mol. The van der Waals surface area contributed by atoms with Crippen LogP contribution in [0.25, 0.3) is 0 Å². The summed E-state index contributed by atoms with van der Waals surface area (Å²) in [6.45, 7) is 4.18. The second kappa shape index (κ2) is 5.02. The number of imidazole rings is 1. The van der Waals surface area contributed by atoms with E-state index in [9.17, 15) is 5.11 Å². The Morgan fingerprint density at radius 1 is 1.47 bits per heavy atom. The molecule has 0 aliphatic rings. The highest BCUT2D eigenvalue weighted by atomic mass is 32.1. The first-order valence-electron chi connectivity index (χ1n) is 5.79. The molecular formula is C13H18N2OS. The van der Waals surface area contributed by atoms with Crippen molar-refractivity contribution in [2.24, 2.45) is 7.05 Å². The summed E-state index contributed by atoms with van der Waals surface area (Å²) in [7, 11) is 1.98. The molecule has 1 unspecified atom stereocenters. The molecule has 2 heterocycles. The van der Waals surface area contributed by atoms with E-state index in [1.54, 1.807) is 17.5 Å². The first-order valence-corrected chi connectivity index (χ1v) is 6.60. The highest BCUT2D eigenvalue weighted by Crippen LogP contribution is 2.28. The van der Waals surface area contributed by atoms with Crippen LogP contribution in [0.1, 0.15) is 33.7 Å². The molecule has 0 aromatic carbocycles. The van der Waals surface area contributed by atoms with Gasteiger partial charge in [0, 0.05) is 35.6 Å². The summed E-state index contributed by atoms with van der Waals surface area (Å²) in [4.78, 5) is 6.61. The van der Waals surface area contributed by atoms with Crippen molar-refractivity contribution in [3.8, 4) is 0 Å². The van der Waals surface area contributed by atoms with Gasteiger partial charge < -0.3 is 9.67 Å². The smallest absolute Gasteiger partial charge is 0.108 e. The van der Waals surface area contributed by atoms with Gasteiger partial charge in [-0.25, -0.2) is 4.98 Å². The quantitative estimate of drug-likeness (QED) is 0.906. The first-order chi connectivity index (χ1) is 8.08. The van der Waals surface area contributed by atoms with Crippen molar-refractivity contribution < 1.29 is 5.11 Å². The number of thiophene rings is 1. The van der Waals surface area contributed by atoms with Crippen molar-refractivity contribution >= 4 is 11.3 Å². The third-order valence-corrected chi connectivity index (χ3v) is 4.33. The average Bonchev–Trinajstić information content (AvgIpc) is 2.83. The molecule has 0 spiro atoms. The van der Waals surface area contributed by atoms with Crippen LogP contribution in [0.2, 0.25) is 0 Å². The molecule has 17 heavy (non-hydrogen) atoms. The van der Waals surface area contributed by atoms with Crippen molar-refractivity contribution in [1.29, 1.82) is 0 Å². The van der Waals surface area contributed by atoms with E-state index in [2.05, 4.69) is 24.9 Å². The van der Waals surface area contributed by atoms with Crippen molar-refractivity contribution in [3.63, 3.8) is 0 Å². The minimum atomic E-state index is -0.371. The molecule has 2 aromatic rings. The Kier molecular flexibility index (Phi) is 3.64. The Morgan fingerprint density at radius 3 is 2.76 bits per heavy atom. The lowest BCUT2D eigenvalue weighted by Crippen LogP contribution is -2.02. The maximum Gasteiger partial charge on any atom is 0.108 e. The predicted molar refractivity (Wildman–Crippen MR) is 70.3 cm³/mol. The van der Waals surface area contributed by atoms with Crippen LogP contribution in [0.4, 0.5) is 0 Å². The zero-order chi connectivity index (χ0) is 12.4. The van der Waals surface area contributed by atoms with Gasteiger partial charge in [0.25, 0.3) is 0 Å². The Hall–Kier alpha value is -1.13. The van der Waals surface area contributed by atoms with Crippen LogP contribution in [-0.2, 0) is 13.5 Å². The van der Waals surface area contributed by atoms with Gasteiger partial charge >= 0.3 is 0 Å². The van der Waals surface area contributed by atoms with Crippen molar-refractivity contribution in [1.82, 2.24) is 9.55 Å². The third kappa shape index (κ3) is 2.76.